The third-order valence-electron chi connectivity index (χ3n) is 5.34. The molecule has 0 fully saturated rings. The molecule has 0 amide bonds. The van der Waals surface area contributed by atoms with Crippen LogP contribution in [0.5, 0.6) is 0 Å². The van der Waals surface area contributed by atoms with Crippen molar-refractivity contribution in [3.63, 3.8) is 0 Å². The predicted octanol–water partition coefficient (Wildman–Crippen LogP) is 3.97. The monoisotopic (exact) mass is 378 g/mol. The summed E-state index contributed by atoms with van der Waals surface area (Å²) >= 11 is 8.34. The van der Waals surface area contributed by atoms with E-state index in [1.54, 1.807) is 0 Å². The Hall–Kier alpha value is -1.36. The van der Waals surface area contributed by atoms with Gasteiger partial charge in [-0.15, -0.1) is 11.3 Å². The smallest absolute Gasteiger partial charge is 0.309 e. The third-order valence-corrected chi connectivity index (χ3v) is 6.71. The lowest BCUT2D eigenvalue weighted by molar-refractivity contribution is -0.947. The van der Waals surface area contributed by atoms with Gasteiger partial charge in [0.1, 0.15) is 12.6 Å². The van der Waals surface area contributed by atoms with Gasteiger partial charge in [0, 0.05) is 33.9 Å². The minimum atomic E-state index is -0.737. The molecule has 1 aromatic carbocycles. The zero-order valence-corrected chi connectivity index (χ0v) is 16.3. The van der Waals surface area contributed by atoms with Crippen LogP contribution in [0, 0.1) is 5.41 Å². The summed E-state index contributed by atoms with van der Waals surface area (Å²) in [5, 5.41) is 12.4. The molecular weight excluding hydrogens is 354 g/mol. The molecule has 134 valence electrons. The van der Waals surface area contributed by atoms with Crippen LogP contribution in [0.25, 0.3) is 0 Å². The van der Waals surface area contributed by atoms with Gasteiger partial charge in [0.15, 0.2) is 0 Å². The summed E-state index contributed by atoms with van der Waals surface area (Å²) in [6.45, 7) is 5.67. The fourth-order valence-corrected chi connectivity index (χ4v) is 4.77. The lowest BCUT2D eigenvalue weighted by Gasteiger charge is -2.33. The summed E-state index contributed by atoms with van der Waals surface area (Å²) in [4.78, 5) is 14.5. The summed E-state index contributed by atoms with van der Waals surface area (Å²) in [6.07, 6.45) is 2.54. The van der Waals surface area contributed by atoms with E-state index in [0.29, 0.717) is 6.42 Å². The van der Waals surface area contributed by atoms with Gasteiger partial charge in [-0.1, -0.05) is 29.8 Å². The van der Waals surface area contributed by atoms with E-state index in [2.05, 4.69) is 17.5 Å². The number of aliphatic carboxylic acids is 1. The minimum absolute atomic E-state index is 0.223. The van der Waals surface area contributed by atoms with Crippen LogP contribution in [0.1, 0.15) is 48.7 Å². The second kappa shape index (κ2) is 7.48. The van der Waals surface area contributed by atoms with Crippen molar-refractivity contribution >= 4 is 28.9 Å². The summed E-state index contributed by atoms with van der Waals surface area (Å²) in [5.41, 5.74) is 1.85. The summed E-state index contributed by atoms with van der Waals surface area (Å²) in [5.74, 6) is -0.737. The van der Waals surface area contributed by atoms with E-state index in [1.165, 1.54) is 15.3 Å². The molecule has 2 unspecified atom stereocenters. The molecule has 2 atom stereocenters. The van der Waals surface area contributed by atoms with Crippen molar-refractivity contribution in [2.75, 3.05) is 6.54 Å². The number of nitrogens with one attached hydrogen (secondary N) is 1. The fourth-order valence-electron chi connectivity index (χ4n) is 3.60. The van der Waals surface area contributed by atoms with Crippen molar-refractivity contribution in [2.45, 2.75) is 45.7 Å². The Bertz CT molecular complexity index is 756. The number of fused-ring (bicyclic) bond motifs is 1. The average Bonchev–Trinajstić information content (AvgIpc) is 3.04. The molecule has 0 bridgehead atoms. The predicted molar refractivity (Wildman–Crippen MR) is 102 cm³/mol. The number of carboxylic acid groups (broad SMARTS) is 1. The third kappa shape index (κ3) is 4.08. The Kier molecular flexibility index (Phi) is 5.52. The van der Waals surface area contributed by atoms with Crippen LogP contribution in [-0.2, 0) is 17.8 Å². The SMILES string of the molecule is CC(C)(CCC(c1ccccc1Cl)[NH+]1CCc2sccc2C1)C(=O)O. The molecule has 2 heterocycles. The van der Waals surface area contributed by atoms with Gasteiger partial charge in [0.2, 0.25) is 0 Å². The van der Waals surface area contributed by atoms with Crippen molar-refractivity contribution in [1.29, 1.82) is 0 Å². The van der Waals surface area contributed by atoms with E-state index in [4.69, 9.17) is 11.6 Å². The van der Waals surface area contributed by atoms with Gasteiger partial charge in [-0.25, -0.2) is 0 Å². The van der Waals surface area contributed by atoms with Crippen molar-refractivity contribution in [3.8, 4) is 0 Å². The number of halogens is 1. The van der Waals surface area contributed by atoms with Crippen LogP contribution in [0.4, 0.5) is 0 Å². The van der Waals surface area contributed by atoms with E-state index in [1.807, 2.05) is 43.4 Å². The van der Waals surface area contributed by atoms with Crippen LogP contribution in [-0.4, -0.2) is 17.6 Å². The molecule has 3 rings (SSSR count). The zero-order chi connectivity index (χ0) is 18.0. The van der Waals surface area contributed by atoms with Crippen LogP contribution in [0.15, 0.2) is 35.7 Å². The largest absolute Gasteiger partial charge is 0.481 e. The maximum atomic E-state index is 11.5. The maximum absolute atomic E-state index is 11.5. The lowest BCUT2D eigenvalue weighted by Crippen LogP contribution is -3.12. The Morgan fingerprint density at radius 2 is 2.12 bits per heavy atom. The van der Waals surface area contributed by atoms with Crippen LogP contribution in [0.2, 0.25) is 5.02 Å². The first-order valence-electron chi connectivity index (χ1n) is 8.76. The van der Waals surface area contributed by atoms with E-state index >= 15 is 0 Å². The van der Waals surface area contributed by atoms with E-state index in [0.717, 1.165) is 36.5 Å². The molecular formula is C20H25ClNO2S+. The van der Waals surface area contributed by atoms with Crippen molar-refractivity contribution in [2.24, 2.45) is 5.41 Å². The van der Waals surface area contributed by atoms with E-state index < -0.39 is 11.4 Å². The van der Waals surface area contributed by atoms with Crippen LogP contribution in [0.3, 0.4) is 0 Å². The van der Waals surface area contributed by atoms with Crippen molar-refractivity contribution in [1.82, 2.24) is 0 Å². The Labute approximate surface area is 158 Å². The average molecular weight is 379 g/mol. The Morgan fingerprint density at radius 3 is 2.84 bits per heavy atom. The van der Waals surface area contributed by atoms with Crippen molar-refractivity contribution in [3.05, 3.63) is 56.7 Å². The summed E-state index contributed by atoms with van der Waals surface area (Å²) in [7, 11) is 0. The Balaban J connectivity index is 1.85. The summed E-state index contributed by atoms with van der Waals surface area (Å²) < 4.78 is 0. The second-order valence-corrected chi connectivity index (χ2v) is 8.91. The number of hydrogen-bond donors (Lipinski definition) is 2. The number of quaternary nitrogens is 1. The van der Waals surface area contributed by atoms with Crippen molar-refractivity contribution < 1.29 is 14.8 Å². The zero-order valence-electron chi connectivity index (χ0n) is 14.7. The van der Waals surface area contributed by atoms with Gasteiger partial charge < -0.3 is 10.0 Å². The van der Waals surface area contributed by atoms with Gasteiger partial charge >= 0.3 is 5.97 Å². The molecule has 0 aliphatic carbocycles. The molecule has 0 radical (unpaired) electrons. The molecule has 1 aromatic heterocycles. The number of hydrogen-bond acceptors (Lipinski definition) is 2. The first-order valence-corrected chi connectivity index (χ1v) is 10.0. The molecule has 2 aromatic rings. The van der Waals surface area contributed by atoms with Crippen LogP contribution < -0.4 is 4.90 Å². The quantitative estimate of drug-likeness (QED) is 0.798. The number of benzene rings is 1. The molecule has 3 nitrogen and oxygen atoms in total. The number of thiophene rings is 1. The highest BCUT2D eigenvalue weighted by molar-refractivity contribution is 7.10. The van der Waals surface area contributed by atoms with Gasteiger partial charge in [0.25, 0.3) is 0 Å². The van der Waals surface area contributed by atoms with Gasteiger partial charge in [-0.2, -0.15) is 0 Å². The highest BCUT2D eigenvalue weighted by Gasteiger charge is 2.34. The molecule has 0 saturated carbocycles. The molecule has 2 N–H and O–H groups in total. The molecule has 5 heteroatoms. The number of carboxylic acids is 1. The fraction of sp³-hybridized carbons (Fsp3) is 0.450. The highest BCUT2D eigenvalue weighted by Crippen LogP contribution is 2.31. The standard InChI is InChI=1S/C20H24ClNO2S/c1-20(2,19(23)24)10-7-17(15-5-3-4-6-16(15)21)22-11-8-18-14(13-22)9-12-25-18/h3-6,9,12,17H,7-8,10-11,13H2,1-2H3,(H,23,24)/p+1. The number of rotatable bonds is 6. The first-order chi connectivity index (χ1) is 11.9. The minimum Gasteiger partial charge on any atom is -0.481 e. The highest BCUT2D eigenvalue weighted by atomic mass is 35.5. The van der Waals surface area contributed by atoms with Gasteiger partial charge in [-0.3, -0.25) is 4.79 Å². The first kappa shape index (κ1) is 18.4. The topological polar surface area (TPSA) is 41.7 Å². The van der Waals surface area contributed by atoms with E-state index in [9.17, 15) is 9.90 Å². The molecule has 25 heavy (non-hydrogen) atoms. The van der Waals surface area contributed by atoms with E-state index in [-0.39, 0.29) is 6.04 Å². The molecule has 1 aliphatic heterocycles. The normalized spacial score (nSPS) is 18.6. The lowest BCUT2D eigenvalue weighted by atomic mass is 9.84. The second-order valence-electron chi connectivity index (χ2n) is 7.51. The molecule has 0 spiro atoms. The van der Waals surface area contributed by atoms with Gasteiger partial charge in [-0.05, 0) is 37.8 Å². The summed E-state index contributed by atoms with van der Waals surface area (Å²) in [6, 6.07) is 10.5. The Morgan fingerprint density at radius 1 is 1.36 bits per heavy atom. The van der Waals surface area contributed by atoms with Crippen LogP contribution >= 0.6 is 22.9 Å². The maximum Gasteiger partial charge on any atom is 0.309 e. The number of carbonyl (C=O) groups is 1. The molecule has 1 aliphatic rings. The molecule has 0 saturated heterocycles. The van der Waals surface area contributed by atoms with Gasteiger partial charge in [0.05, 0.1) is 12.0 Å².